The van der Waals surface area contributed by atoms with Crippen LogP contribution in [0.5, 0.6) is 11.7 Å². The highest BCUT2D eigenvalue weighted by atomic mass is 16.6. The molecule has 0 atom stereocenters. The molecule has 0 radical (unpaired) electrons. The molecule has 0 spiro atoms. The second kappa shape index (κ2) is 6.60. The van der Waals surface area contributed by atoms with Crippen LogP contribution < -0.4 is 4.74 Å². The normalized spacial score (nSPS) is 10.0. The van der Waals surface area contributed by atoms with Gasteiger partial charge in [-0.15, -0.1) is 0 Å². The fourth-order valence-electron chi connectivity index (χ4n) is 1.63. The number of benzene rings is 1. The zero-order valence-electron chi connectivity index (χ0n) is 11.6. The number of hydrogen-bond donors (Lipinski definition) is 0. The van der Waals surface area contributed by atoms with E-state index in [0.717, 1.165) is 0 Å². The predicted octanol–water partition coefficient (Wildman–Crippen LogP) is 3.04. The summed E-state index contributed by atoms with van der Waals surface area (Å²) >= 11 is 0. The number of hydrogen-bond acceptors (Lipinski definition) is 6. The van der Waals surface area contributed by atoms with Crippen molar-refractivity contribution in [1.29, 1.82) is 0 Å². The zero-order chi connectivity index (χ0) is 15.2. The van der Waals surface area contributed by atoms with Gasteiger partial charge in [-0.3, -0.25) is 0 Å². The van der Waals surface area contributed by atoms with Gasteiger partial charge in [-0.25, -0.2) is 9.59 Å². The summed E-state index contributed by atoms with van der Waals surface area (Å²) in [7, 11) is 1.28. The highest BCUT2D eigenvalue weighted by Gasteiger charge is 2.16. The molecule has 0 unspecified atom stereocenters. The van der Waals surface area contributed by atoms with Crippen LogP contribution in [0.25, 0.3) is 0 Å². The van der Waals surface area contributed by atoms with Gasteiger partial charge in [0.15, 0.2) is 0 Å². The molecule has 0 amide bonds. The Balaban J connectivity index is 2.19. The molecular weight excluding hydrogens is 276 g/mol. The summed E-state index contributed by atoms with van der Waals surface area (Å²) in [4.78, 5) is 23.1. The van der Waals surface area contributed by atoms with E-state index in [0.29, 0.717) is 0 Å². The zero-order valence-corrected chi connectivity index (χ0v) is 11.6. The molecule has 0 saturated heterocycles. The SMILES string of the molecule is CCOC(=O)c1ccc(Oc2ccccc2C(=O)OC)o1. The number of furan rings is 1. The van der Waals surface area contributed by atoms with E-state index in [1.807, 2.05) is 0 Å². The predicted molar refractivity (Wildman–Crippen MR) is 72.5 cm³/mol. The Hall–Kier alpha value is -2.76. The molecule has 21 heavy (non-hydrogen) atoms. The quantitative estimate of drug-likeness (QED) is 0.788. The van der Waals surface area contributed by atoms with E-state index in [4.69, 9.17) is 13.9 Å². The number of carbonyl (C=O) groups excluding carboxylic acids is 2. The van der Waals surface area contributed by atoms with Crippen molar-refractivity contribution in [2.75, 3.05) is 13.7 Å². The summed E-state index contributed by atoms with van der Waals surface area (Å²) in [6.07, 6.45) is 0. The number of para-hydroxylation sites is 1. The van der Waals surface area contributed by atoms with Gasteiger partial charge >= 0.3 is 11.9 Å². The lowest BCUT2D eigenvalue weighted by Gasteiger charge is -2.07. The van der Waals surface area contributed by atoms with Crippen LogP contribution in [-0.2, 0) is 9.47 Å². The van der Waals surface area contributed by atoms with Crippen LogP contribution in [-0.4, -0.2) is 25.7 Å². The van der Waals surface area contributed by atoms with E-state index < -0.39 is 11.9 Å². The molecule has 1 heterocycles. The average molecular weight is 290 g/mol. The lowest BCUT2D eigenvalue weighted by molar-refractivity contribution is 0.0483. The van der Waals surface area contributed by atoms with Crippen molar-refractivity contribution >= 4 is 11.9 Å². The fraction of sp³-hybridized carbons (Fsp3) is 0.200. The standard InChI is InChI=1S/C15H14O6/c1-3-19-15(17)12-8-9-13(21-12)20-11-7-5-4-6-10(11)14(16)18-2/h4-9H,3H2,1-2H3. The Morgan fingerprint density at radius 2 is 1.86 bits per heavy atom. The minimum atomic E-state index is -0.575. The minimum absolute atomic E-state index is 0.0300. The maximum atomic E-state index is 11.6. The van der Waals surface area contributed by atoms with Crippen LogP contribution in [0.3, 0.4) is 0 Å². The van der Waals surface area contributed by atoms with Crippen LogP contribution in [0.2, 0.25) is 0 Å². The highest BCUT2D eigenvalue weighted by molar-refractivity contribution is 5.92. The number of methoxy groups -OCH3 is 1. The van der Waals surface area contributed by atoms with Crippen LogP contribution in [0.1, 0.15) is 27.8 Å². The monoisotopic (exact) mass is 290 g/mol. The molecule has 0 N–H and O–H groups in total. The molecule has 0 saturated carbocycles. The number of esters is 2. The Morgan fingerprint density at radius 3 is 2.57 bits per heavy atom. The van der Waals surface area contributed by atoms with Crippen LogP contribution in [0.4, 0.5) is 0 Å². The molecule has 1 aromatic carbocycles. The summed E-state index contributed by atoms with van der Waals surface area (Å²) in [5.41, 5.74) is 0.258. The molecule has 6 nitrogen and oxygen atoms in total. The minimum Gasteiger partial charge on any atom is -0.465 e. The third-order valence-corrected chi connectivity index (χ3v) is 2.56. The maximum absolute atomic E-state index is 11.6. The van der Waals surface area contributed by atoms with E-state index in [2.05, 4.69) is 4.74 Å². The smallest absolute Gasteiger partial charge is 0.374 e. The van der Waals surface area contributed by atoms with Crippen molar-refractivity contribution < 1.29 is 28.2 Å². The van der Waals surface area contributed by atoms with E-state index in [1.165, 1.54) is 19.2 Å². The van der Waals surface area contributed by atoms with Gasteiger partial charge in [0, 0.05) is 6.07 Å². The topological polar surface area (TPSA) is 75.0 Å². The Morgan fingerprint density at radius 1 is 1.10 bits per heavy atom. The van der Waals surface area contributed by atoms with Gasteiger partial charge in [-0.05, 0) is 25.1 Å². The van der Waals surface area contributed by atoms with Crippen LogP contribution in [0.15, 0.2) is 40.8 Å². The molecule has 1 aromatic heterocycles. The first-order valence-electron chi connectivity index (χ1n) is 6.28. The molecule has 0 fully saturated rings. The Kier molecular flexibility index (Phi) is 4.61. The van der Waals surface area contributed by atoms with Gasteiger partial charge in [0.25, 0.3) is 5.95 Å². The second-order valence-electron chi connectivity index (χ2n) is 3.93. The van der Waals surface area contributed by atoms with E-state index in [9.17, 15) is 9.59 Å². The van der Waals surface area contributed by atoms with Gasteiger partial charge in [-0.1, -0.05) is 12.1 Å². The lowest BCUT2D eigenvalue weighted by Crippen LogP contribution is -2.03. The summed E-state index contributed by atoms with van der Waals surface area (Å²) in [5.74, 6) is -0.720. The second-order valence-corrected chi connectivity index (χ2v) is 3.93. The molecule has 110 valence electrons. The molecule has 0 aliphatic heterocycles. The van der Waals surface area contributed by atoms with E-state index in [-0.39, 0.29) is 29.6 Å². The largest absolute Gasteiger partial charge is 0.465 e. The third-order valence-electron chi connectivity index (χ3n) is 2.56. The molecule has 2 aromatic rings. The van der Waals surface area contributed by atoms with Crippen LogP contribution >= 0.6 is 0 Å². The van der Waals surface area contributed by atoms with E-state index in [1.54, 1.807) is 31.2 Å². The van der Waals surface area contributed by atoms with Gasteiger partial charge in [0.05, 0.1) is 13.7 Å². The lowest BCUT2D eigenvalue weighted by atomic mass is 10.2. The number of ether oxygens (including phenoxy) is 3. The number of carbonyl (C=O) groups is 2. The first-order valence-corrected chi connectivity index (χ1v) is 6.28. The molecule has 0 bridgehead atoms. The van der Waals surface area contributed by atoms with Crippen molar-refractivity contribution in [3.63, 3.8) is 0 Å². The maximum Gasteiger partial charge on any atom is 0.374 e. The summed E-state index contributed by atoms with van der Waals surface area (Å²) in [6, 6.07) is 9.46. The molecule has 2 rings (SSSR count). The first kappa shape index (κ1) is 14.6. The van der Waals surface area contributed by atoms with Gasteiger partial charge in [0.2, 0.25) is 5.76 Å². The first-order chi connectivity index (χ1) is 10.2. The van der Waals surface area contributed by atoms with Gasteiger partial charge < -0.3 is 18.6 Å². The molecule has 0 aliphatic carbocycles. The molecule has 6 heteroatoms. The molecule has 0 aliphatic rings. The molecular formula is C15H14O6. The van der Waals surface area contributed by atoms with Crippen molar-refractivity contribution in [2.24, 2.45) is 0 Å². The van der Waals surface area contributed by atoms with Gasteiger partial charge in [0.1, 0.15) is 11.3 Å². The highest BCUT2D eigenvalue weighted by Crippen LogP contribution is 2.27. The summed E-state index contributed by atoms with van der Waals surface area (Å²) in [6.45, 7) is 1.95. The third kappa shape index (κ3) is 3.42. The summed E-state index contributed by atoms with van der Waals surface area (Å²) < 4.78 is 20.2. The van der Waals surface area contributed by atoms with Gasteiger partial charge in [-0.2, -0.15) is 0 Å². The number of rotatable bonds is 5. The van der Waals surface area contributed by atoms with Crippen molar-refractivity contribution in [3.8, 4) is 11.7 Å². The van der Waals surface area contributed by atoms with Crippen molar-refractivity contribution in [1.82, 2.24) is 0 Å². The average Bonchev–Trinajstić information content (AvgIpc) is 2.96. The summed E-state index contributed by atoms with van der Waals surface area (Å²) in [5, 5.41) is 0. The Labute approximate surface area is 121 Å². The van der Waals surface area contributed by atoms with Crippen LogP contribution in [0, 0.1) is 0 Å². The van der Waals surface area contributed by atoms with Crippen molar-refractivity contribution in [3.05, 3.63) is 47.7 Å². The fourth-order valence-corrected chi connectivity index (χ4v) is 1.63. The van der Waals surface area contributed by atoms with Crippen molar-refractivity contribution in [2.45, 2.75) is 6.92 Å². The Bertz CT molecular complexity index is 643. The van der Waals surface area contributed by atoms with E-state index >= 15 is 0 Å².